The number of phenols is 2. The number of azo groups is 3. The summed E-state index contributed by atoms with van der Waals surface area (Å²) in [5.74, 6) is -2.40. The molecular formula is C36H30CuN8O14S3. The number of rotatable bonds is 16. The van der Waals surface area contributed by atoms with Gasteiger partial charge < -0.3 is 20.1 Å². The molecule has 0 aliphatic heterocycles. The van der Waals surface area contributed by atoms with E-state index in [2.05, 4.69) is 54.1 Å². The minimum absolute atomic E-state index is 0. The Balaban J connectivity index is 0.00000726. The van der Waals surface area contributed by atoms with Gasteiger partial charge in [-0.15, -0.1) is 19.7 Å². The third-order valence-corrected chi connectivity index (χ3v) is 11.3. The Morgan fingerprint density at radius 2 is 1.32 bits per heavy atom. The van der Waals surface area contributed by atoms with Gasteiger partial charge in [0.1, 0.15) is 17.1 Å². The Labute approximate surface area is 366 Å². The standard InChI is InChI=1S/C36H30N8O14S3.Cu/c1-53-36(48)33-32(35(47)44(43-33)24-11-13-25(14-12-24)60(49,50)55-3)42-39-22-9-8-20-16-30(59-58-57-54-2)31(34(46)27(20)18-22)41-40-28-15-10-23(19-29(28)45)38-37-21-6-5-7-26(17-21)61(51,52)56-4;/h5-19,45-47H,1-4H3;. The van der Waals surface area contributed by atoms with Crippen molar-refractivity contribution in [1.29, 1.82) is 0 Å². The molecule has 0 amide bonds. The van der Waals surface area contributed by atoms with Gasteiger partial charge in [0.15, 0.2) is 11.4 Å². The number of phenolic OH excluding ortho intramolecular Hbond substituents is 2. The van der Waals surface area contributed by atoms with Crippen LogP contribution in [0.2, 0.25) is 0 Å². The SMILES string of the molecule is COOOSc1cc2ccc(N=Nc3c(C(=O)OC)nn(-c4ccc(S(=O)(=O)OC)cc4)c3O)cc2c(O)c1N=Nc1ccc(N=Nc2cccc(S(=O)(=O)OC)c2)cc1O.[Cu]. The third-order valence-electron chi connectivity index (χ3n) is 8.15. The second-order valence-electron chi connectivity index (χ2n) is 11.8. The number of aromatic hydroxyl groups is 3. The first kappa shape index (κ1) is 46.9. The summed E-state index contributed by atoms with van der Waals surface area (Å²) in [5.41, 5.74) is -0.341. The van der Waals surface area contributed by atoms with Gasteiger partial charge in [-0.3, -0.25) is 8.37 Å². The first-order chi connectivity index (χ1) is 29.2. The Morgan fingerprint density at radius 3 is 1.98 bits per heavy atom. The van der Waals surface area contributed by atoms with Crippen molar-refractivity contribution in [3.8, 4) is 23.1 Å². The van der Waals surface area contributed by atoms with Crippen LogP contribution in [0.4, 0.5) is 34.1 Å². The van der Waals surface area contributed by atoms with Crippen LogP contribution >= 0.6 is 12.0 Å². The van der Waals surface area contributed by atoms with E-state index in [4.69, 9.17) is 9.07 Å². The first-order valence-corrected chi connectivity index (χ1v) is 20.4. The molecule has 3 N–H and O–H groups in total. The number of hydrogen-bond donors (Lipinski definition) is 3. The molecule has 22 nitrogen and oxygen atoms in total. The average molecular weight is 958 g/mol. The van der Waals surface area contributed by atoms with Gasteiger partial charge in [-0.2, -0.15) is 42.0 Å². The average Bonchev–Trinajstić information content (AvgIpc) is 3.60. The number of methoxy groups -OCH3 is 1. The number of ether oxygens (including phenoxy) is 1. The number of hydrogen-bond acceptors (Lipinski definition) is 22. The fourth-order valence-corrected chi connectivity index (χ4v) is 7.08. The van der Waals surface area contributed by atoms with Crippen LogP contribution in [0.1, 0.15) is 10.5 Å². The van der Waals surface area contributed by atoms with Gasteiger partial charge in [-0.05, 0) is 78.2 Å². The Hall–Kier alpha value is -6.19. The normalized spacial score (nSPS) is 12.1. The van der Waals surface area contributed by atoms with E-state index < -0.39 is 43.5 Å². The number of fused-ring (bicyclic) bond motifs is 1. The molecule has 0 unspecified atom stereocenters. The number of nitrogens with zero attached hydrogens (tertiary/aromatic N) is 8. The molecule has 327 valence electrons. The van der Waals surface area contributed by atoms with Crippen LogP contribution in [0.25, 0.3) is 16.5 Å². The van der Waals surface area contributed by atoms with Crippen LogP contribution in [-0.2, 0) is 64.7 Å². The molecule has 0 atom stereocenters. The van der Waals surface area contributed by atoms with E-state index in [1.54, 1.807) is 12.1 Å². The zero-order valence-corrected chi connectivity index (χ0v) is 35.5. The predicted molar refractivity (Wildman–Crippen MR) is 213 cm³/mol. The van der Waals surface area contributed by atoms with E-state index in [9.17, 15) is 36.9 Å². The Morgan fingerprint density at radius 1 is 0.694 bits per heavy atom. The van der Waals surface area contributed by atoms with Gasteiger partial charge >= 0.3 is 5.97 Å². The molecule has 0 saturated carbocycles. The van der Waals surface area contributed by atoms with Crippen molar-refractivity contribution in [2.45, 2.75) is 14.7 Å². The van der Waals surface area contributed by atoms with Crippen molar-refractivity contribution in [2.24, 2.45) is 30.7 Å². The summed E-state index contributed by atoms with van der Waals surface area (Å²) in [6, 6.07) is 20.7. The molecule has 0 bridgehead atoms. The molecule has 0 fully saturated rings. The summed E-state index contributed by atoms with van der Waals surface area (Å²) < 4.78 is 67.9. The number of benzene rings is 5. The Bertz CT molecular complexity index is 2950. The number of esters is 1. The van der Waals surface area contributed by atoms with E-state index >= 15 is 0 Å². The summed E-state index contributed by atoms with van der Waals surface area (Å²) in [6.45, 7) is 0. The van der Waals surface area contributed by atoms with Crippen molar-refractivity contribution < 1.29 is 81.4 Å². The van der Waals surface area contributed by atoms with Gasteiger partial charge in [0, 0.05) is 28.5 Å². The van der Waals surface area contributed by atoms with Gasteiger partial charge in [0.25, 0.3) is 20.2 Å². The van der Waals surface area contributed by atoms with Gasteiger partial charge in [-0.1, -0.05) is 17.2 Å². The quantitative estimate of drug-likeness (QED) is 0.0120. The molecule has 26 heteroatoms. The second kappa shape index (κ2) is 20.1. The number of aromatic nitrogens is 2. The summed E-state index contributed by atoms with van der Waals surface area (Å²) in [4.78, 5) is 17.0. The van der Waals surface area contributed by atoms with Crippen LogP contribution in [0.3, 0.4) is 0 Å². The van der Waals surface area contributed by atoms with Crippen LogP contribution in [-0.4, -0.2) is 76.3 Å². The fraction of sp³-hybridized carbons (Fsp3) is 0.111. The van der Waals surface area contributed by atoms with Crippen molar-refractivity contribution in [2.75, 3.05) is 28.4 Å². The van der Waals surface area contributed by atoms with E-state index in [1.807, 2.05) is 0 Å². The Kier molecular flexibility index (Phi) is 15.2. The summed E-state index contributed by atoms with van der Waals surface area (Å²) in [6.07, 6.45) is 0. The van der Waals surface area contributed by atoms with Crippen LogP contribution in [0, 0.1) is 0 Å². The van der Waals surface area contributed by atoms with E-state index in [0.717, 1.165) is 26.0 Å². The maximum atomic E-state index is 12.6. The molecule has 6 aromatic rings. The molecule has 0 aliphatic carbocycles. The minimum atomic E-state index is -4.01. The van der Waals surface area contributed by atoms with Crippen molar-refractivity contribution >= 4 is 83.1 Å². The van der Waals surface area contributed by atoms with Crippen LogP contribution in [0.15, 0.2) is 136 Å². The van der Waals surface area contributed by atoms with E-state index in [-0.39, 0.29) is 82.7 Å². The molecule has 1 aromatic heterocycles. The maximum absolute atomic E-state index is 12.6. The molecular weight excluding hydrogens is 928 g/mol. The monoisotopic (exact) mass is 957 g/mol. The number of carbonyl (C=O) groups excluding carboxylic acids is 1. The largest absolute Gasteiger partial charge is 0.506 e. The second-order valence-corrected chi connectivity index (χ2v) is 16.0. The molecule has 0 saturated heterocycles. The van der Waals surface area contributed by atoms with Crippen molar-refractivity contribution in [3.63, 3.8) is 0 Å². The smallest absolute Gasteiger partial charge is 0.361 e. The zero-order valence-electron chi connectivity index (χ0n) is 32.1. The van der Waals surface area contributed by atoms with Gasteiger partial charge in [-0.25, -0.2) is 9.68 Å². The third kappa shape index (κ3) is 10.5. The molecule has 62 heavy (non-hydrogen) atoms. The maximum Gasteiger partial charge on any atom is 0.361 e. The zero-order chi connectivity index (χ0) is 43.9. The summed E-state index contributed by atoms with van der Waals surface area (Å²) >= 11 is 0.619. The molecule has 0 aliphatic rings. The van der Waals surface area contributed by atoms with Crippen LogP contribution in [0.5, 0.6) is 17.4 Å². The summed E-state index contributed by atoms with van der Waals surface area (Å²) in [5, 5.41) is 67.1. The number of carbonyl (C=O) groups is 1. The topological polar surface area (TPSA) is 293 Å². The summed E-state index contributed by atoms with van der Waals surface area (Å²) in [7, 11) is -3.62. The van der Waals surface area contributed by atoms with Gasteiger partial charge in [0.05, 0.1) is 77.9 Å². The predicted octanol–water partition coefficient (Wildman–Crippen LogP) is 8.36. The van der Waals surface area contributed by atoms with Gasteiger partial charge in [0.2, 0.25) is 11.6 Å². The van der Waals surface area contributed by atoms with Crippen molar-refractivity contribution in [3.05, 3.63) is 96.7 Å². The molecule has 0 spiro atoms. The fourth-order valence-electron chi connectivity index (χ4n) is 5.17. The van der Waals surface area contributed by atoms with Crippen molar-refractivity contribution in [1.82, 2.24) is 9.78 Å². The van der Waals surface area contributed by atoms with E-state index in [1.165, 1.54) is 86.0 Å². The molecule has 1 radical (unpaired) electrons. The minimum Gasteiger partial charge on any atom is -0.506 e. The van der Waals surface area contributed by atoms with Crippen LogP contribution < -0.4 is 0 Å². The molecule has 1 heterocycles. The first-order valence-electron chi connectivity index (χ1n) is 16.8. The molecule has 6 rings (SSSR count). The molecule has 5 aromatic carbocycles. The van der Waals surface area contributed by atoms with E-state index in [0.29, 0.717) is 17.4 Å².